The van der Waals surface area contributed by atoms with Crippen LogP contribution in [0.2, 0.25) is 0 Å². The number of hydrogen-bond donors (Lipinski definition) is 0. The first-order valence-electron chi connectivity index (χ1n) is 9.57. The molecule has 0 radical (unpaired) electrons. The van der Waals surface area contributed by atoms with Crippen LogP contribution in [0.3, 0.4) is 0 Å². The molecule has 3 heterocycles. The van der Waals surface area contributed by atoms with E-state index < -0.39 is 5.97 Å². The van der Waals surface area contributed by atoms with Gasteiger partial charge in [0.25, 0.3) is 11.8 Å². The van der Waals surface area contributed by atoms with E-state index in [4.69, 9.17) is 13.6 Å². The Morgan fingerprint density at radius 2 is 1.83 bits per heavy atom. The summed E-state index contributed by atoms with van der Waals surface area (Å²) < 4.78 is 18.3. The monoisotopic (exact) mass is 406 g/mol. The SMILES string of the molecule is Cc1cc(-c2nnc(COC(=O)c3c(C)nn(Cc4ccccc4)c3C)o2)c(C)o1. The van der Waals surface area contributed by atoms with E-state index in [-0.39, 0.29) is 12.5 Å². The maximum absolute atomic E-state index is 12.7. The fourth-order valence-corrected chi connectivity index (χ4v) is 3.37. The van der Waals surface area contributed by atoms with Gasteiger partial charge >= 0.3 is 5.97 Å². The Hall–Kier alpha value is -3.68. The quantitative estimate of drug-likeness (QED) is 0.444. The van der Waals surface area contributed by atoms with E-state index in [1.54, 1.807) is 11.6 Å². The number of esters is 1. The van der Waals surface area contributed by atoms with Gasteiger partial charge in [0.1, 0.15) is 17.1 Å². The maximum Gasteiger partial charge on any atom is 0.342 e. The van der Waals surface area contributed by atoms with Crippen LogP contribution in [0, 0.1) is 27.7 Å². The molecule has 1 aromatic carbocycles. The van der Waals surface area contributed by atoms with Crippen LogP contribution in [0.4, 0.5) is 0 Å². The Morgan fingerprint density at radius 1 is 1.07 bits per heavy atom. The number of aromatic nitrogens is 4. The van der Waals surface area contributed by atoms with E-state index in [1.165, 1.54) is 0 Å². The van der Waals surface area contributed by atoms with Crippen LogP contribution in [-0.2, 0) is 17.9 Å². The molecule has 0 aliphatic rings. The zero-order chi connectivity index (χ0) is 21.3. The van der Waals surface area contributed by atoms with Crippen LogP contribution in [0.15, 0.2) is 45.2 Å². The molecule has 8 nitrogen and oxygen atoms in total. The van der Waals surface area contributed by atoms with Crippen molar-refractivity contribution in [3.05, 3.63) is 76.3 Å². The van der Waals surface area contributed by atoms with Gasteiger partial charge in [-0.05, 0) is 39.3 Å². The van der Waals surface area contributed by atoms with Gasteiger partial charge in [0.15, 0.2) is 6.61 Å². The Morgan fingerprint density at radius 3 is 2.53 bits per heavy atom. The average molecular weight is 406 g/mol. The van der Waals surface area contributed by atoms with E-state index in [2.05, 4.69) is 15.3 Å². The number of furan rings is 1. The van der Waals surface area contributed by atoms with Crippen LogP contribution < -0.4 is 0 Å². The summed E-state index contributed by atoms with van der Waals surface area (Å²) in [5, 5.41) is 12.5. The third-order valence-electron chi connectivity index (χ3n) is 4.83. The van der Waals surface area contributed by atoms with Gasteiger partial charge in [-0.25, -0.2) is 4.79 Å². The molecule has 4 aromatic rings. The van der Waals surface area contributed by atoms with E-state index >= 15 is 0 Å². The average Bonchev–Trinajstić information content (AvgIpc) is 3.39. The highest BCUT2D eigenvalue weighted by molar-refractivity contribution is 5.91. The van der Waals surface area contributed by atoms with Gasteiger partial charge in [0.05, 0.1) is 23.5 Å². The second-order valence-corrected chi connectivity index (χ2v) is 7.09. The van der Waals surface area contributed by atoms with Crippen molar-refractivity contribution in [2.45, 2.75) is 40.8 Å². The van der Waals surface area contributed by atoms with Crippen LogP contribution in [0.5, 0.6) is 0 Å². The number of hydrogen-bond acceptors (Lipinski definition) is 7. The molecular formula is C22H22N4O4. The van der Waals surface area contributed by atoms with Gasteiger partial charge < -0.3 is 13.6 Å². The number of carbonyl (C=O) groups is 1. The molecule has 0 N–H and O–H groups in total. The highest BCUT2D eigenvalue weighted by atomic mass is 16.5. The first-order chi connectivity index (χ1) is 14.4. The second kappa shape index (κ2) is 7.98. The molecular weight excluding hydrogens is 384 g/mol. The standard InChI is InChI=1S/C22H22N4O4/c1-13-10-18(16(4)29-13)21-24-23-19(30-21)12-28-22(27)20-14(2)25-26(15(20)3)11-17-8-6-5-7-9-17/h5-10H,11-12H2,1-4H3. The van der Waals surface area contributed by atoms with Crippen LogP contribution in [0.25, 0.3) is 11.5 Å². The van der Waals surface area contributed by atoms with Crippen molar-refractivity contribution in [2.24, 2.45) is 0 Å². The van der Waals surface area contributed by atoms with Gasteiger partial charge in [-0.1, -0.05) is 30.3 Å². The van der Waals surface area contributed by atoms with Gasteiger partial charge in [-0.2, -0.15) is 5.10 Å². The molecule has 0 bridgehead atoms. The van der Waals surface area contributed by atoms with E-state index in [1.807, 2.05) is 57.2 Å². The molecule has 0 aliphatic carbocycles. The van der Waals surface area contributed by atoms with Crippen LogP contribution in [-0.4, -0.2) is 25.9 Å². The second-order valence-electron chi connectivity index (χ2n) is 7.09. The number of ether oxygens (including phenoxy) is 1. The molecule has 3 aromatic heterocycles. The lowest BCUT2D eigenvalue weighted by atomic mass is 10.2. The number of aryl methyl sites for hydroxylation is 3. The Balaban J connectivity index is 1.45. The Kier molecular flexibility index (Phi) is 5.22. The summed E-state index contributed by atoms with van der Waals surface area (Å²) in [5.41, 5.74) is 3.64. The van der Waals surface area contributed by atoms with Gasteiger partial charge in [-0.15, -0.1) is 10.2 Å². The van der Waals surface area contributed by atoms with E-state index in [0.29, 0.717) is 29.5 Å². The molecule has 0 unspecified atom stereocenters. The predicted molar refractivity (Wildman–Crippen MR) is 108 cm³/mol. The van der Waals surface area contributed by atoms with Crippen LogP contribution in [0.1, 0.15) is 44.7 Å². The van der Waals surface area contributed by atoms with Crippen molar-refractivity contribution in [2.75, 3.05) is 0 Å². The summed E-state index contributed by atoms with van der Waals surface area (Å²) in [7, 11) is 0. The fourth-order valence-electron chi connectivity index (χ4n) is 3.37. The lowest BCUT2D eigenvalue weighted by molar-refractivity contribution is 0.0437. The number of nitrogens with zero attached hydrogens (tertiary/aromatic N) is 4. The molecule has 30 heavy (non-hydrogen) atoms. The number of rotatable bonds is 6. The summed E-state index contributed by atoms with van der Waals surface area (Å²) in [6.45, 7) is 7.78. The normalized spacial score (nSPS) is 11.1. The molecule has 0 atom stereocenters. The smallest absolute Gasteiger partial charge is 0.342 e. The van der Waals surface area contributed by atoms with Crippen molar-refractivity contribution in [1.82, 2.24) is 20.0 Å². The molecule has 8 heteroatoms. The first kappa shape index (κ1) is 19.6. The van der Waals surface area contributed by atoms with Crippen LogP contribution >= 0.6 is 0 Å². The summed E-state index contributed by atoms with van der Waals surface area (Å²) in [4.78, 5) is 12.7. The minimum absolute atomic E-state index is 0.121. The van der Waals surface area contributed by atoms with Crippen molar-refractivity contribution in [1.29, 1.82) is 0 Å². The zero-order valence-corrected chi connectivity index (χ0v) is 17.3. The van der Waals surface area contributed by atoms with Gasteiger partial charge in [0.2, 0.25) is 0 Å². The molecule has 0 saturated heterocycles. The Bertz CT molecular complexity index is 1190. The molecule has 0 saturated carbocycles. The molecule has 0 amide bonds. The van der Waals surface area contributed by atoms with Crippen molar-refractivity contribution in [3.63, 3.8) is 0 Å². The van der Waals surface area contributed by atoms with Crippen molar-refractivity contribution < 1.29 is 18.4 Å². The largest absolute Gasteiger partial charge is 0.466 e. The molecule has 0 aliphatic heterocycles. The lowest BCUT2D eigenvalue weighted by Gasteiger charge is -2.05. The summed E-state index contributed by atoms with van der Waals surface area (Å²) in [5.74, 6) is 1.52. The lowest BCUT2D eigenvalue weighted by Crippen LogP contribution is -2.09. The zero-order valence-electron chi connectivity index (χ0n) is 17.3. The van der Waals surface area contributed by atoms with Crippen molar-refractivity contribution in [3.8, 4) is 11.5 Å². The van der Waals surface area contributed by atoms with E-state index in [9.17, 15) is 4.79 Å². The maximum atomic E-state index is 12.7. The highest BCUT2D eigenvalue weighted by Gasteiger charge is 2.21. The van der Waals surface area contributed by atoms with Gasteiger partial charge in [-0.3, -0.25) is 4.68 Å². The predicted octanol–water partition coefficient (Wildman–Crippen LogP) is 4.17. The summed E-state index contributed by atoms with van der Waals surface area (Å²) in [6.07, 6.45) is 0. The molecule has 4 rings (SSSR count). The van der Waals surface area contributed by atoms with Crippen molar-refractivity contribution >= 4 is 5.97 Å². The molecule has 0 spiro atoms. The van der Waals surface area contributed by atoms with E-state index in [0.717, 1.165) is 22.6 Å². The summed E-state index contributed by atoms with van der Waals surface area (Å²) in [6, 6.07) is 11.8. The molecule has 154 valence electrons. The highest BCUT2D eigenvalue weighted by Crippen LogP contribution is 2.25. The fraction of sp³-hybridized carbons (Fsp3) is 0.273. The first-order valence-corrected chi connectivity index (χ1v) is 9.57. The number of carbonyl (C=O) groups excluding carboxylic acids is 1. The minimum Gasteiger partial charge on any atom is -0.466 e. The third kappa shape index (κ3) is 3.89. The van der Waals surface area contributed by atoms with Gasteiger partial charge in [0, 0.05) is 0 Å². The molecule has 0 fully saturated rings. The Labute approximate surface area is 173 Å². The summed E-state index contributed by atoms with van der Waals surface area (Å²) >= 11 is 0. The number of benzene rings is 1. The third-order valence-corrected chi connectivity index (χ3v) is 4.83. The minimum atomic E-state index is -0.473. The topological polar surface area (TPSA) is 96.2 Å².